The number of halogens is 1. The Kier molecular flexibility index (Phi) is 7.26. The van der Waals surface area contributed by atoms with Crippen LogP contribution in [0.5, 0.6) is 0 Å². The minimum Gasteiger partial charge on any atom is -0.480 e. The average molecular weight is 386 g/mol. The maximum absolute atomic E-state index is 13.2. The third-order valence-electron chi connectivity index (χ3n) is 4.34. The second kappa shape index (κ2) is 9.64. The van der Waals surface area contributed by atoms with E-state index < -0.39 is 17.9 Å². The fourth-order valence-electron chi connectivity index (χ4n) is 2.52. The van der Waals surface area contributed by atoms with Crippen molar-refractivity contribution in [3.8, 4) is 0 Å². The van der Waals surface area contributed by atoms with Crippen LogP contribution in [0.15, 0.2) is 48.5 Å². The van der Waals surface area contributed by atoms with Gasteiger partial charge in [0.1, 0.15) is 11.9 Å². The summed E-state index contributed by atoms with van der Waals surface area (Å²) in [6, 6.07) is 11.5. The molecule has 148 valence electrons. The molecule has 7 heteroatoms. The third-order valence-corrected chi connectivity index (χ3v) is 4.34. The van der Waals surface area contributed by atoms with Gasteiger partial charge in [-0.2, -0.15) is 0 Å². The van der Waals surface area contributed by atoms with Gasteiger partial charge in [-0.1, -0.05) is 19.1 Å². The molecule has 0 fully saturated rings. The summed E-state index contributed by atoms with van der Waals surface area (Å²) in [6.07, 6.45) is 1.16. The van der Waals surface area contributed by atoms with Crippen molar-refractivity contribution in [2.45, 2.75) is 32.7 Å². The molecule has 0 saturated heterocycles. The van der Waals surface area contributed by atoms with E-state index in [1.54, 1.807) is 25.1 Å². The van der Waals surface area contributed by atoms with E-state index in [-0.39, 0.29) is 17.6 Å². The van der Waals surface area contributed by atoms with Crippen molar-refractivity contribution in [3.05, 3.63) is 65.5 Å². The SMILES string of the molecule is CC(CCc1cccc(F)c1)C(=O)Nc1ccc(C(=O)NC(C)C(=O)O)cc1. The fourth-order valence-corrected chi connectivity index (χ4v) is 2.52. The van der Waals surface area contributed by atoms with Crippen molar-refractivity contribution in [1.82, 2.24) is 5.32 Å². The number of carboxylic acid groups (broad SMARTS) is 1. The van der Waals surface area contributed by atoms with E-state index in [1.165, 1.54) is 31.2 Å². The van der Waals surface area contributed by atoms with Gasteiger partial charge < -0.3 is 15.7 Å². The highest BCUT2D eigenvalue weighted by Crippen LogP contribution is 2.15. The number of hydrogen-bond donors (Lipinski definition) is 3. The molecule has 0 aliphatic heterocycles. The highest BCUT2D eigenvalue weighted by Gasteiger charge is 2.16. The summed E-state index contributed by atoms with van der Waals surface area (Å²) in [5.74, 6) is -2.37. The number of amides is 2. The summed E-state index contributed by atoms with van der Waals surface area (Å²) in [7, 11) is 0. The van der Waals surface area contributed by atoms with E-state index in [1.807, 2.05) is 6.07 Å². The number of hydrogen-bond acceptors (Lipinski definition) is 3. The summed E-state index contributed by atoms with van der Waals surface area (Å²) in [6.45, 7) is 3.17. The van der Waals surface area contributed by atoms with Crippen LogP contribution >= 0.6 is 0 Å². The molecule has 2 atom stereocenters. The predicted molar refractivity (Wildman–Crippen MR) is 104 cm³/mol. The van der Waals surface area contributed by atoms with Gasteiger partial charge in [0.25, 0.3) is 5.91 Å². The highest BCUT2D eigenvalue weighted by atomic mass is 19.1. The van der Waals surface area contributed by atoms with Gasteiger partial charge in [-0.05, 0) is 61.7 Å². The van der Waals surface area contributed by atoms with Crippen molar-refractivity contribution in [3.63, 3.8) is 0 Å². The van der Waals surface area contributed by atoms with Gasteiger partial charge in [0.05, 0.1) is 0 Å². The topological polar surface area (TPSA) is 95.5 Å². The molecule has 0 radical (unpaired) electrons. The second-order valence-corrected chi connectivity index (χ2v) is 6.67. The lowest BCUT2D eigenvalue weighted by atomic mass is 10.00. The molecular formula is C21H23FN2O4. The Morgan fingerprint density at radius 3 is 2.36 bits per heavy atom. The molecule has 2 aromatic rings. The minimum atomic E-state index is -1.12. The van der Waals surface area contributed by atoms with Crippen LogP contribution in [0.2, 0.25) is 0 Å². The molecule has 0 spiro atoms. The molecule has 0 aliphatic rings. The van der Waals surface area contributed by atoms with E-state index >= 15 is 0 Å². The van der Waals surface area contributed by atoms with Crippen LogP contribution in [-0.4, -0.2) is 28.9 Å². The smallest absolute Gasteiger partial charge is 0.325 e. The van der Waals surface area contributed by atoms with Crippen molar-refractivity contribution in [1.29, 1.82) is 0 Å². The van der Waals surface area contributed by atoms with Crippen LogP contribution in [-0.2, 0) is 16.0 Å². The molecule has 2 rings (SSSR count). The Hall–Kier alpha value is -3.22. The molecule has 3 N–H and O–H groups in total. The van der Waals surface area contributed by atoms with Gasteiger partial charge in [0, 0.05) is 17.2 Å². The highest BCUT2D eigenvalue weighted by molar-refractivity contribution is 5.97. The zero-order chi connectivity index (χ0) is 20.7. The second-order valence-electron chi connectivity index (χ2n) is 6.67. The van der Waals surface area contributed by atoms with Gasteiger partial charge in [0.15, 0.2) is 0 Å². The lowest BCUT2D eigenvalue weighted by molar-refractivity contribution is -0.138. The summed E-state index contributed by atoms with van der Waals surface area (Å²) in [5.41, 5.74) is 1.67. The van der Waals surface area contributed by atoms with Crippen LogP contribution in [0.3, 0.4) is 0 Å². The van der Waals surface area contributed by atoms with Crippen LogP contribution in [0.25, 0.3) is 0 Å². The van der Waals surface area contributed by atoms with Crippen molar-refractivity contribution < 1.29 is 23.9 Å². The quantitative estimate of drug-likeness (QED) is 0.649. The van der Waals surface area contributed by atoms with E-state index in [2.05, 4.69) is 10.6 Å². The molecule has 2 aromatic carbocycles. The number of rotatable bonds is 8. The molecule has 2 amide bonds. The van der Waals surface area contributed by atoms with Gasteiger partial charge in [-0.15, -0.1) is 0 Å². The zero-order valence-electron chi connectivity index (χ0n) is 15.7. The van der Waals surface area contributed by atoms with E-state index in [4.69, 9.17) is 5.11 Å². The molecule has 0 saturated carbocycles. The first kappa shape index (κ1) is 21.1. The lowest BCUT2D eigenvalue weighted by Gasteiger charge is -2.13. The molecule has 2 unspecified atom stereocenters. The Morgan fingerprint density at radius 1 is 1.07 bits per heavy atom. The average Bonchev–Trinajstić information content (AvgIpc) is 2.66. The lowest BCUT2D eigenvalue weighted by Crippen LogP contribution is -2.38. The van der Waals surface area contributed by atoms with E-state index in [0.29, 0.717) is 24.1 Å². The first-order valence-electron chi connectivity index (χ1n) is 8.95. The molecule has 0 bridgehead atoms. The van der Waals surface area contributed by atoms with Gasteiger partial charge >= 0.3 is 5.97 Å². The summed E-state index contributed by atoms with van der Waals surface area (Å²) >= 11 is 0. The van der Waals surface area contributed by atoms with Crippen LogP contribution < -0.4 is 10.6 Å². The third kappa shape index (κ3) is 6.19. The van der Waals surface area contributed by atoms with Gasteiger partial charge in [0.2, 0.25) is 5.91 Å². The number of aliphatic carboxylic acids is 1. The Balaban J connectivity index is 1.87. The normalized spacial score (nSPS) is 12.7. The Morgan fingerprint density at radius 2 is 1.75 bits per heavy atom. The number of carbonyl (C=O) groups is 3. The number of aryl methyl sites for hydroxylation is 1. The fraction of sp³-hybridized carbons (Fsp3) is 0.286. The first-order valence-corrected chi connectivity index (χ1v) is 8.95. The first-order chi connectivity index (χ1) is 13.3. The number of nitrogens with one attached hydrogen (secondary N) is 2. The molecule has 6 nitrogen and oxygen atoms in total. The summed E-state index contributed by atoms with van der Waals surface area (Å²) < 4.78 is 13.2. The number of benzene rings is 2. The summed E-state index contributed by atoms with van der Waals surface area (Å²) in [5, 5.41) is 14.0. The van der Waals surface area contributed by atoms with Crippen LogP contribution in [0.1, 0.15) is 36.2 Å². The largest absolute Gasteiger partial charge is 0.480 e. The Labute approximate surface area is 162 Å². The van der Waals surface area contributed by atoms with Gasteiger partial charge in [-0.3, -0.25) is 14.4 Å². The molecule has 0 aromatic heterocycles. The number of anilines is 1. The van der Waals surface area contributed by atoms with Crippen molar-refractivity contribution >= 4 is 23.5 Å². The van der Waals surface area contributed by atoms with Crippen LogP contribution in [0.4, 0.5) is 10.1 Å². The zero-order valence-corrected chi connectivity index (χ0v) is 15.7. The molecule has 28 heavy (non-hydrogen) atoms. The monoisotopic (exact) mass is 386 g/mol. The van der Waals surface area contributed by atoms with Gasteiger partial charge in [-0.25, -0.2) is 4.39 Å². The van der Waals surface area contributed by atoms with E-state index in [9.17, 15) is 18.8 Å². The van der Waals surface area contributed by atoms with Crippen molar-refractivity contribution in [2.24, 2.45) is 5.92 Å². The maximum atomic E-state index is 13.2. The predicted octanol–water partition coefficient (Wildman–Crippen LogP) is 3.24. The summed E-state index contributed by atoms with van der Waals surface area (Å²) in [4.78, 5) is 35.1. The van der Waals surface area contributed by atoms with E-state index in [0.717, 1.165) is 5.56 Å². The minimum absolute atomic E-state index is 0.173. The number of carboxylic acids is 1. The maximum Gasteiger partial charge on any atom is 0.325 e. The molecule has 0 heterocycles. The molecule has 0 aliphatic carbocycles. The number of carbonyl (C=O) groups excluding carboxylic acids is 2. The standard InChI is InChI=1S/C21H23FN2O4/c1-13(6-7-15-4-3-5-17(22)12-15)19(25)24-18-10-8-16(9-11-18)20(26)23-14(2)21(27)28/h3-5,8-14H,6-7H2,1-2H3,(H,23,26)(H,24,25)(H,27,28). The Bertz CT molecular complexity index is 852. The van der Waals surface area contributed by atoms with Crippen LogP contribution in [0, 0.1) is 11.7 Å². The molecular weight excluding hydrogens is 363 g/mol. The van der Waals surface area contributed by atoms with Crippen molar-refractivity contribution in [2.75, 3.05) is 5.32 Å².